The lowest BCUT2D eigenvalue weighted by atomic mass is 10.0. The van der Waals surface area contributed by atoms with Crippen LogP contribution in [0.15, 0.2) is 24.3 Å². The largest absolute Gasteiger partial charge is 0.497 e. The minimum Gasteiger partial charge on any atom is -0.497 e. The smallest absolute Gasteiger partial charge is 0.234 e. The molecule has 1 atom stereocenters. The number of nitrogens with one attached hydrogen (secondary N) is 1. The van der Waals surface area contributed by atoms with Crippen molar-refractivity contribution >= 4 is 5.91 Å². The molecule has 0 radical (unpaired) electrons. The Morgan fingerprint density at radius 1 is 1.36 bits per heavy atom. The predicted molar refractivity (Wildman–Crippen MR) is 87.6 cm³/mol. The van der Waals surface area contributed by atoms with Gasteiger partial charge in [-0.25, -0.2) is 0 Å². The van der Waals surface area contributed by atoms with Crippen LogP contribution in [0.4, 0.5) is 0 Å². The number of amides is 1. The first-order valence-corrected chi connectivity index (χ1v) is 7.82. The van der Waals surface area contributed by atoms with Crippen molar-refractivity contribution in [3.8, 4) is 18.1 Å². The van der Waals surface area contributed by atoms with Gasteiger partial charge in [-0.3, -0.25) is 9.69 Å². The van der Waals surface area contributed by atoms with Gasteiger partial charge in [0.05, 0.1) is 20.2 Å². The minimum absolute atomic E-state index is 0.00152. The van der Waals surface area contributed by atoms with E-state index < -0.39 is 0 Å². The summed E-state index contributed by atoms with van der Waals surface area (Å²) in [6.07, 6.45) is 9.81. The number of ether oxygens (including phenoxy) is 1. The lowest BCUT2D eigenvalue weighted by Crippen LogP contribution is -2.39. The first-order chi connectivity index (χ1) is 10.7. The Morgan fingerprint density at radius 3 is 2.82 bits per heavy atom. The van der Waals surface area contributed by atoms with Crippen LogP contribution in [0.1, 0.15) is 37.3 Å². The third-order valence-corrected chi connectivity index (χ3v) is 4.10. The summed E-state index contributed by atoms with van der Waals surface area (Å²) < 4.78 is 5.22. The van der Waals surface area contributed by atoms with Crippen molar-refractivity contribution in [1.82, 2.24) is 10.2 Å². The van der Waals surface area contributed by atoms with Gasteiger partial charge in [-0.2, -0.15) is 0 Å². The van der Waals surface area contributed by atoms with Crippen LogP contribution in [-0.4, -0.2) is 37.6 Å². The average molecular weight is 300 g/mol. The summed E-state index contributed by atoms with van der Waals surface area (Å²) in [5.74, 6) is 3.29. The molecule has 0 saturated carbocycles. The lowest BCUT2D eigenvalue weighted by molar-refractivity contribution is -0.122. The van der Waals surface area contributed by atoms with Crippen molar-refractivity contribution in [1.29, 1.82) is 0 Å². The molecule has 1 aliphatic heterocycles. The zero-order chi connectivity index (χ0) is 15.8. The van der Waals surface area contributed by atoms with Crippen LogP contribution in [-0.2, 0) is 4.79 Å². The maximum Gasteiger partial charge on any atom is 0.234 e. The molecule has 2 rings (SSSR count). The standard InChI is InChI=1S/C18H24N2O2/c1-3-12-19-18(21)14-20-13-6-4-5-7-17(20)15-8-10-16(22-2)11-9-15/h1,8-11,17H,4-7,12-14H2,2H3,(H,19,21). The van der Waals surface area contributed by atoms with E-state index in [0.29, 0.717) is 13.1 Å². The summed E-state index contributed by atoms with van der Waals surface area (Å²) >= 11 is 0. The molecule has 1 aromatic rings. The highest BCUT2D eigenvalue weighted by Crippen LogP contribution is 2.30. The third-order valence-electron chi connectivity index (χ3n) is 4.10. The number of methoxy groups -OCH3 is 1. The molecule has 1 heterocycles. The molecule has 1 fully saturated rings. The third kappa shape index (κ3) is 4.51. The number of terminal acetylenes is 1. The Balaban J connectivity index is 2.09. The van der Waals surface area contributed by atoms with Crippen LogP contribution in [0, 0.1) is 12.3 Å². The maximum atomic E-state index is 12.0. The zero-order valence-electron chi connectivity index (χ0n) is 13.2. The molecule has 1 saturated heterocycles. The van der Waals surface area contributed by atoms with E-state index in [1.165, 1.54) is 18.4 Å². The van der Waals surface area contributed by atoms with Crippen molar-refractivity contribution in [3.63, 3.8) is 0 Å². The van der Waals surface area contributed by atoms with E-state index in [-0.39, 0.29) is 11.9 Å². The topological polar surface area (TPSA) is 41.6 Å². The number of rotatable bonds is 5. The second-order valence-corrected chi connectivity index (χ2v) is 5.59. The molecule has 1 aliphatic rings. The Labute approximate surface area is 132 Å². The van der Waals surface area contributed by atoms with E-state index in [1.807, 2.05) is 12.1 Å². The first-order valence-electron chi connectivity index (χ1n) is 7.82. The quantitative estimate of drug-likeness (QED) is 0.849. The normalized spacial score (nSPS) is 19.0. The molecule has 1 N–H and O–H groups in total. The summed E-state index contributed by atoms with van der Waals surface area (Å²) in [6.45, 7) is 1.64. The van der Waals surface area contributed by atoms with Crippen molar-refractivity contribution in [2.75, 3.05) is 26.7 Å². The molecule has 0 aliphatic carbocycles. The number of hydrogen-bond acceptors (Lipinski definition) is 3. The molecule has 0 spiro atoms. The van der Waals surface area contributed by atoms with Crippen LogP contribution in [0.5, 0.6) is 5.75 Å². The maximum absolute atomic E-state index is 12.0. The van der Waals surface area contributed by atoms with Crippen LogP contribution in [0.3, 0.4) is 0 Å². The number of carbonyl (C=O) groups excluding carboxylic acids is 1. The lowest BCUT2D eigenvalue weighted by Gasteiger charge is -2.29. The van der Waals surface area contributed by atoms with Crippen molar-refractivity contribution in [3.05, 3.63) is 29.8 Å². The van der Waals surface area contributed by atoms with Gasteiger partial charge in [0.1, 0.15) is 5.75 Å². The van der Waals surface area contributed by atoms with E-state index in [4.69, 9.17) is 11.2 Å². The summed E-state index contributed by atoms with van der Waals surface area (Å²) in [5, 5.41) is 2.75. The number of benzene rings is 1. The van der Waals surface area contributed by atoms with Crippen molar-refractivity contribution in [2.45, 2.75) is 31.7 Å². The fourth-order valence-corrected chi connectivity index (χ4v) is 2.95. The van der Waals surface area contributed by atoms with Gasteiger partial charge in [0.25, 0.3) is 0 Å². The summed E-state index contributed by atoms with van der Waals surface area (Å²) in [4.78, 5) is 14.3. The van der Waals surface area contributed by atoms with Gasteiger partial charge in [0.2, 0.25) is 5.91 Å². The molecular formula is C18H24N2O2. The zero-order valence-corrected chi connectivity index (χ0v) is 13.2. The highest BCUT2D eigenvalue weighted by atomic mass is 16.5. The first kappa shape index (κ1) is 16.4. The molecule has 0 aromatic heterocycles. The van der Waals surface area contributed by atoms with Gasteiger partial charge in [-0.1, -0.05) is 30.9 Å². The SMILES string of the molecule is C#CCNC(=O)CN1CCCCCC1c1ccc(OC)cc1. The van der Waals surface area contributed by atoms with Crippen LogP contribution in [0.2, 0.25) is 0 Å². The van der Waals surface area contributed by atoms with Crippen LogP contribution in [0.25, 0.3) is 0 Å². The van der Waals surface area contributed by atoms with Crippen molar-refractivity contribution in [2.24, 2.45) is 0 Å². The monoisotopic (exact) mass is 300 g/mol. The van der Waals surface area contributed by atoms with Crippen molar-refractivity contribution < 1.29 is 9.53 Å². The van der Waals surface area contributed by atoms with Gasteiger partial charge in [0, 0.05) is 6.04 Å². The molecule has 1 unspecified atom stereocenters. The van der Waals surface area contributed by atoms with E-state index in [0.717, 1.165) is 25.1 Å². The summed E-state index contributed by atoms with van der Waals surface area (Å²) in [6, 6.07) is 8.45. The molecule has 22 heavy (non-hydrogen) atoms. The number of nitrogens with zero attached hydrogens (tertiary/aromatic N) is 1. The van der Waals surface area contributed by atoms with Gasteiger partial charge < -0.3 is 10.1 Å². The van der Waals surface area contributed by atoms with Gasteiger partial charge in [-0.15, -0.1) is 6.42 Å². The number of carbonyl (C=O) groups is 1. The molecule has 1 amide bonds. The van der Waals surface area contributed by atoms with Crippen LogP contribution < -0.4 is 10.1 Å². The van der Waals surface area contributed by atoms with E-state index in [9.17, 15) is 4.79 Å². The Hall–Kier alpha value is -1.99. The molecule has 1 aromatic carbocycles. The van der Waals surface area contributed by atoms with Crippen LogP contribution >= 0.6 is 0 Å². The molecular weight excluding hydrogens is 276 g/mol. The fraction of sp³-hybridized carbons (Fsp3) is 0.500. The summed E-state index contributed by atoms with van der Waals surface area (Å²) in [5.41, 5.74) is 1.24. The highest BCUT2D eigenvalue weighted by Gasteiger charge is 2.24. The molecule has 4 nitrogen and oxygen atoms in total. The van der Waals surface area contributed by atoms with Gasteiger partial charge in [0.15, 0.2) is 0 Å². The molecule has 4 heteroatoms. The predicted octanol–water partition coefficient (Wildman–Crippen LogP) is 2.36. The Kier molecular flexibility index (Phi) is 6.29. The summed E-state index contributed by atoms with van der Waals surface area (Å²) in [7, 11) is 1.67. The van der Waals surface area contributed by atoms with Gasteiger partial charge >= 0.3 is 0 Å². The average Bonchev–Trinajstić information content (AvgIpc) is 2.78. The second-order valence-electron chi connectivity index (χ2n) is 5.59. The number of likely N-dealkylation sites (tertiary alicyclic amines) is 1. The Bertz CT molecular complexity index is 519. The number of hydrogen-bond donors (Lipinski definition) is 1. The van der Waals surface area contributed by atoms with E-state index in [2.05, 4.69) is 28.3 Å². The van der Waals surface area contributed by atoms with E-state index in [1.54, 1.807) is 7.11 Å². The van der Waals surface area contributed by atoms with Gasteiger partial charge in [-0.05, 0) is 37.1 Å². The minimum atomic E-state index is -0.00152. The second kappa shape index (κ2) is 8.45. The fourth-order valence-electron chi connectivity index (χ4n) is 2.95. The molecule has 118 valence electrons. The Morgan fingerprint density at radius 2 is 2.14 bits per heavy atom. The highest BCUT2D eigenvalue weighted by molar-refractivity contribution is 5.78. The van der Waals surface area contributed by atoms with E-state index >= 15 is 0 Å². The molecule has 0 bridgehead atoms.